The maximum Gasteiger partial charge on any atom is 0.255 e. The maximum atomic E-state index is 12.6. The summed E-state index contributed by atoms with van der Waals surface area (Å²) in [5, 5.41) is 3.37. The number of nitrogens with one attached hydrogen (secondary N) is 1. The molecular weight excluding hydrogens is 462 g/mol. The van der Waals surface area contributed by atoms with Gasteiger partial charge in [0.1, 0.15) is 5.75 Å². The summed E-state index contributed by atoms with van der Waals surface area (Å²) in [6.07, 6.45) is 5.86. The third-order valence-corrected chi connectivity index (χ3v) is 7.36. The van der Waals surface area contributed by atoms with Gasteiger partial charge in [0.05, 0.1) is 23.4 Å². The van der Waals surface area contributed by atoms with Crippen LogP contribution in [0.1, 0.15) is 70.4 Å². The highest BCUT2D eigenvalue weighted by Crippen LogP contribution is 2.29. The topological polar surface area (TPSA) is 84.7 Å². The zero-order chi connectivity index (χ0) is 25.4. The normalized spacial score (nSPS) is 14.6. The molecule has 0 aliphatic carbocycles. The van der Waals surface area contributed by atoms with Crippen LogP contribution < -0.4 is 15.8 Å². The molecule has 1 aliphatic rings. The summed E-state index contributed by atoms with van der Waals surface area (Å²) in [5.74, 6) is 0.937. The van der Waals surface area contributed by atoms with Crippen LogP contribution in [-0.4, -0.2) is 49.9 Å². The van der Waals surface area contributed by atoms with Crippen LogP contribution in [0.4, 0.5) is 5.69 Å². The van der Waals surface area contributed by atoms with Crippen molar-refractivity contribution < 1.29 is 14.3 Å². The van der Waals surface area contributed by atoms with Gasteiger partial charge in [-0.05, 0) is 88.3 Å². The largest absolute Gasteiger partial charge is 0.496 e. The van der Waals surface area contributed by atoms with E-state index in [2.05, 4.69) is 24.1 Å². The van der Waals surface area contributed by atoms with Gasteiger partial charge in [-0.15, -0.1) is 0 Å². The Bertz CT molecular complexity index is 1030. The molecule has 1 saturated heterocycles. The third kappa shape index (κ3) is 7.71. The number of benzene rings is 2. The van der Waals surface area contributed by atoms with Crippen LogP contribution >= 0.6 is 11.6 Å². The van der Waals surface area contributed by atoms with Gasteiger partial charge in [-0.25, -0.2) is 0 Å². The predicted molar refractivity (Wildman–Crippen MR) is 143 cm³/mol. The van der Waals surface area contributed by atoms with Crippen molar-refractivity contribution in [2.24, 2.45) is 5.92 Å². The molecule has 1 aliphatic heterocycles. The number of carbonyl (C=O) groups is 2. The van der Waals surface area contributed by atoms with Crippen molar-refractivity contribution in [2.75, 3.05) is 39.0 Å². The highest BCUT2D eigenvalue weighted by molar-refractivity contribution is 6.33. The fraction of sp³-hybridized carbons (Fsp3) is 0.500. The first kappa shape index (κ1) is 27.0. The van der Waals surface area contributed by atoms with E-state index >= 15 is 0 Å². The number of hydrogen-bond donors (Lipinski definition) is 2. The van der Waals surface area contributed by atoms with Crippen molar-refractivity contribution in [3.8, 4) is 5.75 Å². The molecule has 0 saturated carbocycles. The first-order valence-electron chi connectivity index (χ1n) is 12.5. The minimum Gasteiger partial charge on any atom is -0.496 e. The number of hydrogen-bond acceptors (Lipinski definition) is 5. The van der Waals surface area contributed by atoms with Gasteiger partial charge >= 0.3 is 0 Å². The molecule has 1 fully saturated rings. The zero-order valence-corrected chi connectivity index (χ0v) is 21.9. The lowest BCUT2D eigenvalue weighted by Crippen LogP contribution is -2.39. The second-order valence-electron chi connectivity index (χ2n) is 9.60. The number of aryl methyl sites for hydroxylation is 2. The van der Waals surface area contributed by atoms with E-state index in [1.165, 1.54) is 18.2 Å². The van der Waals surface area contributed by atoms with E-state index in [4.69, 9.17) is 22.1 Å². The molecule has 0 spiro atoms. The summed E-state index contributed by atoms with van der Waals surface area (Å²) < 4.78 is 5.28. The van der Waals surface area contributed by atoms with Gasteiger partial charge in [0.25, 0.3) is 5.91 Å². The van der Waals surface area contributed by atoms with Gasteiger partial charge < -0.3 is 20.7 Å². The number of halogens is 1. The Morgan fingerprint density at radius 3 is 2.51 bits per heavy atom. The molecular formula is C28H38ClN3O3. The molecule has 35 heavy (non-hydrogen) atoms. The van der Waals surface area contributed by atoms with E-state index < -0.39 is 0 Å². The Balaban J connectivity index is 1.31. The predicted octanol–water partition coefficient (Wildman–Crippen LogP) is 5.43. The fourth-order valence-corrected chi connectivity index (χ4v) is 4.68. The van der Waals surface area contributed by atoms with Gasteiger partial charge in [-0.1, -0.05) is 30.2 Å². The molecule has 0 bridgehead atoms. The fourth-order valence-electron chi connectivity index (χ4n) is 4.52. The monoisotopic (exact) mass is 499 g/mol. The Morgan fingerprint density at radius 1 is 1.09 bits per heavy atom. The number of anilines is 1. The summed E-state index contributed by atoms with van der Waals surface area (Å²) in [5.41, 5.74) is 9.83. The molecule has 0 unspecified atom stereocenters. The average molecular weight is 500 g/mol. The summed E-state index contributed by atoms with van der Waals surface area (Å²) in [7, 11) is 1.51. The van der Waals surface area contributed by atoms with Gasteiger partial charge in [-0.3, -0.25) is 9.59 Å². The lowest BCUT2D eigenvalue weighted by Gasteiger charge is -2.32. The molecule has 2 aromatic carbocycles. The second kappa shape index (κ2) is 12.9. The van der Waals surface area contributed by atoms with Gasteiger partial charge in [0.2, 0.25) is 0 Å². The smallest absolute Gasteiger partial charge is 0.255 e. The Kier molecular flexibility index (Phi) is 9.99. The molecule has 0 aromatic heterocycles. The zero-order valence-electron chi connectivity index (χ0n) is 21.2. The minimum absolute atomic E-state index is 0.193. The van der Waals surface area contributed by atoms with Gasteiger partial charge in [-0.2, -0.15) is 0 Å². The summed E-state index contributed by atoms with van der Waals surface area (Å²) >= 11 is 6.08. The van der Waals surface area contributed by atoms with E-state index in [1.54, 1.807) is 12.1 Å². The van der Waals surface area contributed by atoms with Crippen LogP contribution in [0.3, 0.4) is 0 Å². The van der Waals surface area contributed by atoms with Crippen molar-refractivity contribution >= 4 is 29.0 Å². The number of amides is 1. The molecule has 3 N–H and O–H groups in total. The number of Topliss-reactive ketones (excluding diaryl/α,β-unsaturated/α-hetero) is 1. The number of carbonyl (C=O) groups excluding carboxylic acids is 2. The number of ether oxygens (including phenoxy) is 1. The van der Waals surface area contributed by atoms with E-state index in [1.807, 2.05) is 18.2 Å². The van der Waals surface area contributed by atoms with Crippen LogP contribution in [0.25, 0.3) is 0 Å². The first-order valence-corrected chi connectivity index (χ1v) is 12.9. The second-order valence-corrected chi connectivity index (χ2v) is 10.0. The van der Waals surface area contributed by atoms with E-state index in [0.29, 0.717) is 40.9 Å². The van der Waals surface area contributed by atoms with Crippen LogP contribution in [-0.2, 0) is 0 Å². The number of nitrogens with zero attached hydrogens (tertiary/aromatic N) is 1. The number of methoxy groups -OCH3 is 1. The molecule has 1 heterocycles. The van der Waals surface area contributed by atoms with Crippen molar-refractivity contribution in [2.45, 2.75) is 52.4 Å². The Hall–Kier alpha value is -2.57. The van der Waals surface area contributed by atoms with Crippen LogP contribution in [0, 0.1) is 19.8 Å². The molecule has 6 nitrogen and oxygen atoms in total. The Morgan fingerprint density at radius 2 is 1.83 bits per heavy atom. The van der Waals surface area contributed by atoms with Crippen molar-refractivity contribution in [1.29, 1.82) is 0 Å². The number of likely N-dealkylation sites (tertiary alicyclic amines) is 1. The molecule has 190 valence electrons. The molecule has 2 aromatic rings. The number of nitrogen functional groups attached to an aromatic ring is 1. The molecule has 1 amide bonds. The van der Waals surface area contributed by atoms with E-state index in [-0.39, 0.29) is 11.7 Å². The first-order chi connectivity index (χ1) is 16.8. The number of piperidine rings is 1. The number of nitrogens with two attached hydrogens (primary N) is 1. The van der Waals surface area contributed by atoms with Gasteiger partial charge in [0.15, 0.2) is 5.78 Å². The average Bonchev–Trinajstić information content (AvgIpc) is 2.85. The quantitative estimate of drug-likeness (QED) is 0.244. The van der Waals surface area contributed by atoms with Crippen LogP contribution in [0.15, 0.2) is 30.3 Å². The SMILES string of the molecule is COc1cc(N)c(Cl)cc1C(=O)NCC1CCN(CCCCCC(=O)c2ccc(C)c(C)c2)CC1. The standard InChI is InChI=1S/C28H38ClN3O3/c1-19-8-9-22(15-20(19)2)26(33)7-5-4-6-12-32-13-10-21(11-14-32)18-31-28(34)23-16-24(29)25(30)17-27(23)35-3/h8-9,15-17,21H,4-7,10-14,18,30H2,1-3H3,(H,31,34). The van der Waals surface area contributed by atoms with Crippen LogP contribution in [0.5, 0.6) is 5.75 Å². The summed E-state index contributed by atoms with van der Waals surface area (Å²) in [6.45, 7) is 7.91. The maximum absolute atomic E-state index is 12.6. The summed E-state index contributed by atoms with van der Waals surface area (Å²) in [6, 6.07) is 9.12. The van der Waals surface area contributed by atoms with Crippen molar-refractivity contribution in [3.05, 3.63) is 57.6 Å². The van der Waals surface area contributed by atoms with Crippen molar-refractivity contribution in [3.63, 3.8) is 0 Å². The number of unbranched alkanes of at least 4 members (excludes halogenated alkanes) is 2. The van der Waals surface area contributed by atoms with Crippen LogP contribution in [0.2, 0.25) is 5.02 Å². The van der Waals surface area contributed by atoms with Crippen molar-refractivity contribution in [1.82, 2.24) is 10.2 Å². The van der Waals surface area contributed by atoms with E-state index in [9.17, 15) is 9.59 Å². The number of ketones is 1. The third-order valence-electron chi connectivity index (χ3n) is 7.03. The highest BCUT2D eigenvalue weighted by Gasteiger charge is 2.21. The number of rotatable bonds is 11. The van der Waals surface area contributed by atoms with Gasteiger partial charge in [0, 0.05) is 24.6 Å². The lowest BCUT2D eigenvalue weighted by molar-refractivity contribution is 0.0932. The molecule has 7 heteroatoms. The Labute approximate surface area is 214 Å². The molecule has 0 radical (unpaired) electrons. The van der Waals surface area contributed by atoms with E-state index in [0.717, 1.165) is 57.3 Å². The minimum atomic E-state index is -0.193. The molecule has 3 rings (SSSR count). The molecule has 0 atom stereocenters. The lowest BCUT2D eigenvalue weighted by atomic mass is 9.96. The highest BCUT2D eigenvalue weighted by atomic mass is 35.5. The summed E-state index contributed by atoms with van der Waals surface area (Å²) in [4.78, 5) is 27.6.